The van der Waals surface area contributed by atoms with E-state index in [2.05, 4.69) is 4.98 Å². The summed E-state index contributed by atoms with van der Waals surface area (Å²) >= 11 is 0. The number of amides is 1. The number of hydrogen-bond donors (Lipinski definition) is 0. The molecular weight excluding hydrogens is 330 g/mol. The molecule has 6 heteroatoms. The second-order valence-corrected chi connectivity index (χ2v) is 6.37. The molecule has 0 aliphatic carbocycles. The number of aromatic nitrogens is 2. The van der Waals surface area contributed by atoms with Crippen LogP contribution in [0.5, 0.6) is 11.5 Å². The fraction of sp³-hybridized carbons (Fsp3) is 0.300. The van der Waals surface area contributed by atoms with Crippen LogP contribution in [0.15, 0.2) is 55.0 Å². The summed E-state index contributed by atoms with van der Waals surface area (Å²) in [6, 6.07) is 11.4. The first kappa shape index (κ1) is 16.4. The molecule has 0 N–H and O–H groups in total. The average molecular weight is 351 g/mol. The molecule has 1 aromatic carbocycles. The van der Waals surface area contributed by atoms with E-state index in [-0.39, 0.29) is 12.0 Å². The van der Waals surface area contributed by atoms with E-state index in [4.69, 9.17) is 9.47 Å². The van der Waals surface area contributed by atoms with Gasteiger partial charge in [-0.25, -0.2) is 4.98 Å². The highest BCUT2D eigenvalue weighted by Crippen LogP contribution is 2.29. The number of rotatable bonds is 4. The number of nitrogens with zero attached hydrogens (tertiary/aromatic N) is 3. The van der Waals surface area contributed by atoms with Crippen molar-refractivity contribution in [3.8, 4) is 11.5 Å². The summed E-state index contributed by atoms with van der Waals surface area (Å²) in [6.07, 6.45) is 7.10. The number of carbonyl (C=O) groups excluding carboxylic acids is 1. The minimum Gasteiger partial charge on any atom is -0.493 e. The van der Waals surface area contributed by atoms with Crippen LogP contribution in [0.3, 0.4) is 0 Å². The first-order valence-corrected chi connectivity index (χ1v) is 8.76. The molecule has 4 rings (SSSR count). The Labute approximate surface area is 152 Å². The van der Waals surface area contributed by atoms with Crippen molar-refractivity contribution in [2.45, 2.75) is 18.9 Å². The Hall–Kier alpha value is -3.02. The van der Waals surface area contributed by atoms with Gasteiger partial charge in [-0.2, -0.15) is 0 Å². The molecule has 2 aromatic heterocycles. The Morgan fingerprint density at radius 3 is 2.65 bits per heavy atom. The summed E-state index contributed by atoms with van der Waals surface area (Å²) in [6.45, 7) is 1.36. The normalized spacial score (nSPS) is 15.2. The van der Waals surface area contributed by atoms with Crippen molar-refractivity contribution in [3.05, 3.63) is 60.6 Å². The topological polar surface area (TPSA) is 56.1 Å². The Morgan fingerprint density at radius 2 is 1.88 bits per heavy atom. The fourth-order valence-corrected chi connectivity index (χ4v) is 3.30. The Bertz CT molecular complexity index is 913. The van der Waals surface area contributed by atoms with Crippen LogP contribution in [-0.2, 0) is 0 Å². The van der Waals surface area contributed by atoms with Gasteiger partial charge in [0.15, 0.2) is 11.5 Å². The number of pyridine rings is 1. The highest BCUT2D eigenvalue weighted by atomic mass is 16.5. The lowest BCUT2D eigenvalue weighted by Crippen LogP contribution is -2.41. The van der Waals surface area contributed by atoms with Gasteiger partial charge in [0.1, 0.15) is 11.8 Å². The predicted octanol–water partition coefficient (Wildman–Crippen LogP) is 3.03. The zero-order valence-corrected chi connectivity index (χ0v) is 14.7. The van der Waals surface area contributed by atoms with Crippen molar-refractivity contribution in [2.75, 3.05) is 20.2 Å². The molecule has 3 heterocycles. The van der Waals surface area contributed by atoms with E-state index in [1.165, 1.54) is 0 Å². The van der Waals surface area contributed by atoms with Crippen molar-refractivity contribution in [3.63, 3.8) is 0 Å². The third-order valence-electron chi connectivity index (χ3n) is 4.73. The van der Waals surface area contributed by atoms with Gasteiger partial charge in [-0.05, 0) is 24.3 Å². The molecule has 1 fully saturated rings. The van der Waals surface area contributed by atoms with Crippen molar-refractivity contribution in [1.82, 2.24) is 14.3 Å². The number of fused-ring (bicyclic) bond motifs is 1. The summed E-state index contributed by atoms with van der Waals surface area (Å²) in [5, 5.41) is 0. The second kappa shape index (κ2) is 7.07. The first-order chi connectivity index (χ1) is 12.7. The maximum atomic E-state index is 12.8. The average Bonchev–Trinajstić information content (AvgIpc) is 3.16. The molecule has 3 aromatic rings. The molecule has 0 unspecified atom stereocenters. The van der Waals surface area contributed by atoms with Crippen LogP contribution in [0, 0.1) is 0 Å². The Kier molecular flexibility index (Phi) is 4.48. The SMILES string of the molecule is COc1ccccc1OC1CCN(C(=O)c2ccc3nccn3c2)CC1. The van der Waals surface area contributed by atoms with Crippen molar-refractivity contribution < 1.29 is 14.3 Å². The van der Waals surface area contributed by atoms with E-state index in [1.54, 1.807) is 13.3 Å². The number of imidazole rings is 1. The zero-order valence-electron chi connectivity index (χ0n) is 14.7. The van der Waals surface area contributed by atoms with Gasteiger partial charge in [0.2, 0.25) is 0 Å². The number of piperidine rings is 1. The molecule has 134 valence electrons. The number of carbonyl (C=O) groups is 1. The van der Waals surface area contributed by atoms with Gasteiger partial charge in [0.05, 0.1) is 12.7 Å². The number of methoxy groups -OCH3 is 1. The van der Waals surface area contributed by atoms with Crippen LogP contribution in [0.25, 0.3) is 5.65 Å². The van der Waals surface area contributed by atoms with Gasteiger partial charge in [0.25, 0.3) is 5.91 Å². The lowest BCUT2D eigenvalue weighted by molar-refractivity contribution is 0.0590. The van der Waals surface area contributed by atoms with E-state index in [1.807, 2.05) is 58.1 Å². The quantitative estimate of drug-likeness (QED) is 0.725. The molecule has 0 atom stereocenters. The van der Waals surface area contributed by atoms with Crippen LogP contribution in [-0.4, -0.2) is 46.5 Å². The highest BCUT2D eigenvalue weighted by molar-refractivity contribution is 5.94. The van der Waals surface area contributed by atoms with Crippen LogP contribution < -0.4 is 9.47 Å². The lowest BCUT2D eigenvalue weighted by Gasteiger charge is -2.32. The van der Waals surface area contributed by atoms with Crippen LogP contribution >= 0.6 is 0 Å². The van der Waals surface area contributed by atoms with E-state index < -0.39 is 0 Å². The molecule has 1 aliphatic heterocycles. The third-order valence-corrected chi connectivity index (χ3v) is 4.73. The minimum absolute atomic E-state index is 0.0522. The molecule has 1 aliphatic rings. The molecule has 1 saturated heterocycles. The maximum absolute atomic E-state index is 12.8. The smallest absolute Gasteiger partial charge is 0.255 e. The molecule has 0 radical (unpaired) electrons. The largest absolute Gasteiger partial charge is 0.493 e. The van der Waals surface area contributed by atoms with E-state index in [0.29, 0.717) is 18.7 Å². The summed E-state index contributed by atoms with van der Waals surface area (Å²) < 4.78 is 13.3. The number of likely N-dealkylation sites (tertiary alicyclic amines) is 1. The molecule has 0 spiro atoms. The Morgan fingerprint density at radius 1 is 1.12 bits per heavy atom. The molecule has 1 amide bonds. The van der Waals surface area contributed by atoms with Crippen molar-refractivity contribution >= 4 is 11.6 Å². The molecule has 6 nitrogen and oxygen atoms in total. The van der Waals surface area contributed by atoms with Crippen molar-refractivity contribution in [1.29, 1.82) is 0 Å². The number of para-hydroxylation sites is 2. The zero-order chi connectivity index (χ0) is 17.9. The number of ether oxygens (including phenoxy) is 2. The molecule has 26 heavy (non-hydrogen) atoms. The summed E-state index contributed by atoms with van der Waals surface area (Å²) in [5.74, 6) is 1.54. The van der Waals surface area contributed by atoms with Gasteiger partial charge in [-0.3, -0.25) is 4.79 Å². The van der Waals surface area contributed by atoms with E-state index >= 15 is 0 Å². The summed E-state index contributed by atoms with van der Waals surface area (Å²) in [4.78, 5) is 18.9. The molecule has 0 saturated carbocycles. The highest BCUT2D eigenvalue weighted by Gasteiger charge is 2.25. The predicted molar refractivity (Wildman–Crippen MR) is 97.7 cm³/mol. The monoisotopic (exact) mass is 351 g/mol. The van der Waals surface area contributed by atoms with Crippen molar-refractivity contribution in [2.24, 2.45) is 0 Å². The number of benzene rings is 1. The first-order valence-electron chi connectivity index (χ1n) is 8.76. The van der Waals surface area contributed by atoms with Crippen LogP contribution in [0.1, 0.15) is 23.2 Å². The van der Waals surface area contributed by atoms with Crippen LogP contribution in [0.2, 0.25) is 0 Å². The third kappa shape index (κ3) is 3.22. The van der Waals surface area contributed by atoms with E-state index in [9.17, 15) is 4.79 Å². The Balaban J connectivity index is 1.39. The standard InChI is InChI=1S/C20H21N3O3/c1-25-17-4-2-3-5-18(17)26-16-8-11-22(12-9-16)20(24)15-6-7-19-21-10-13-23(19)14-15/h2-7,10,13-14,16H,8-9,11-12H2,1H3. The van der Waals surface area contributed by atoms with Crippen LogP contribution in [0.4, 0.5) is 0 Å². The summed E-state index contributed by atoms with van der Waals surface area (Å²) in [5.41, 5.74) is 1.52. The van der Waals surface area contributed by atoms with Gasteiger partial charge < -0.3 is 18.8 Å². The van der Waals surface area contributed by atoms with Gasteiger partial charge >= 0.3 is 0 Å². The molecule has 0 bridgehead atoms. The van der Waals surface area contributed by atoms with E-state index in [0.717, 1.165) is 30.0 Å². The van der Waals surface area contributed by atoms with Gasteiger partial charge in [0, 0.05) is 44.5 Å². The lowest BCUT2D eigenvalue weighted by atomic mass is 10.1. The fourth-order valence-electron chi connectivity index (χ4n) is 3.30. The minimum atomic E-state index is 0.0522. The second-order valence-electron chi connectivity index (χ2n) is 6.37. The summed E-state index contributed by atoms with van der Waals surface area (Å²) in [7, 11) is 1.64. The number of hydrogen-bond acceptors (Lipinski definition) is 4. The molecular formula is C20H21N3O3. The maximum Gasteiger partial charge on any atom is 0.255 e. The van der Waals surface area contributed by atoms with Gasteiger partial charge in [-0.15, -0.1) is 0 Å². The van der Waals surface area contributed by atoms with Gasteiger partial charge in [-0.1, -0.05) is 12.1 Å².